The van der Waals surface area contributed by atoms with Gasteiger partial charge in [-0.15, -0.1) is 0 Å². The minimum absolute atomic E-state index is 0.0802. The van der Waals surface area contributed by atoms with E-state index in [1.165, 1.54) is 26.2 Å². The van der Waals surface area contributed by atoms with Crippen molar-refractivity contribution in [2.24, 2.45) is 0 Å². The second kappa shape index (κ2) is 8.60. The molecule has 0 aliphatic carbocycles. The van der Waals surface area contributed by atoms with Gasteiger partial charge in [0.15, 0.2) is 0 Å². The van der Waals surface area contributed by atoms with Crippen molar-refractivity contribution in [1.82, 2.24) is 4.72 Å². The number of amides is 1. The molecule has 2 N–H and O–H groups in total. The third-order valence-electron chi connectivity index (χ3n) is 3.89. The SMILES string of the molecule is COc1ccc(C)cc1S(=O)(=O)N[C@@H](C)C(=O)Nc1cc(C(F)(F)F)ccc1Cl. The molecule has 0 radical (unpaired) electrons. The molecule has 0 heterocycles. The fraction of sp³-hybridized carbons (Fsp3) is 0.278. The number of halogens is 4. The molecule has 0 aliphatic rings. The molecule has 6 nitrogen and oxygen atoms in total. The van der Waals surface area contributed by atoms with Crippen LogP contribution in [0.3, 0.4) is 0 Å². The van der Waals surface area contributed by atoms with Crippen molar-refractivity contribution in [3.63, 3.8) is 0 Å². The van der Waals surface area contributed by atoms with Gasteiger partial charge in [-0.2, -0.15) is 17.9 Å². The van der Waals surface area contributed by atoms with Crippen LogP contribution in [-0.4, -0.2) is 27.5 Å². The summed E-state index contributed by atoms with van der Waals surface area (Å²) in [6.07, 6.45) is -4.63. The van der Waals surface area contributed by atoms with Crippen LogP contribution in [0, 0.1) is 6.92 Å². The molecule has 0 spiro atoms. The van der Waals surface area contributed by atoms with Gasteiger partial charge >= 0.3 is 6.18 Å². The van der Waals surface area contributed by atoms with Crippen LogP contribution in [0.15, 0.2) is 41.3 Å². The Morgan fingerprint density at radius 2 is 1.83 bits per heavy atom. The molecule has 0 saturated heterocycles. The number of rotatable bonds is 6. The van der Waals surface area contributed by atoms with Crippen molar-refractivity contribution in [2.45, 2.75) is 31.0 Å². The molecule has 2 aromatic rings. The van der Waals surface area contributed by atoms with E-state index in [1.54, 1.807) is 13.0 Å². The van der Waals surface area contributed by atoms with E-state index >= 15 is 0 Å². The standard InChI is InChI=1S/C18H18ClF3N2O4S/c1-10-4-7-15(28-3)16(8-10)29(26,27)24-11(2)17(25)23-14-9-12(18(20,21)22)5-6-13(14)19/h4-9,11,24H,1-3H3,(H,23,25)/t11-/m0/s1. The molecule has 11 heteroatoms. The number of ether oxygens (including phenoxy) is 1. The predicted octanol–water partition coefficient (Wildman–Crippen LogP) is 3.98. The lowest BCUT2D eigenvalue weighted by molar-refractivity contribution is -0.137. The number of alkyl halides is 3. The van der Waals surface area contributed by atoms with E-state index in [1.807, 2.05) is 0 Å². The second-order valence-electron chi connectivity index (χ2n) is 6.18. The third-order valence-corrected chi connectivity index (χ3v) is 5.78. The topological polar surface area (TPSA) is 84.5 Å². The number of aryl methyl sites for hydroxylation is 1. The number of hydrogen-bond acceptors (Lipinski definition) is 4. The summed E-state index contributed by atoms with van der Waals surface area (Å²) in [6.45, 7) is 2.93. The van der Waals surface area contributed by atoms with Crippen molar-refractivity contribution in [2.75, 3.05) is 12.4 Å². The molecule has 29 heavy (non-hydrogen) atoms. The van der Waals surface area contributed by atoms with Crippen LogP contribution in [0.4, 0.5) is 18.9 Å². The highest BCUT2D eigenvalue weighted by atomic mass is 35.5. The molecule has 0 aliphatic heterocycles. The minimum atomic E-state index is -4.63. The zero-order valence-corrected chi connectivity index (χ0v) is 17.2. The van der Waals surface area contributed by atoms with E-state index in [0.717, 1.165) is 12.1 Å². The van der Waals surface area contributed by atoms with Gasteiger partial charge in [-0.3, -0.25) is 4.79 Å². The van der Waals surface area contributed by atoms with Crippen molar-refractivity contribution in [3.05, 3.63) is 52.5 Å². The van der Waals surface area contributed by atoms with Gasteiger partial charge in [0.2, 0.25) is 15.9 Å². The van der Waals surface area contributed by atoms with Crippen LogP contribution in [0.25, 0.3) is 0 Å². The van der Waals surface area contributed by atoms with Crippen LogP contribution in [0.1, 0.15) is 18.1 Å². The Labute approximate surface area is 171 Å². The first-order valence-electron chi connectivity index (χ1n) is 8.19. The first-order valence-corrected chi connectivity index (χ1v) is 10.1. The minimum Gasteiger partial charge on any atom is -0.495 e. The summed E-state index contributed by atoms with van der Waals surface area (Å²) in [5.74, 6) is -0.807. The molecule has 2 rings (SSSR count). The van der Waals surface area contributed by atoms with Crippen molar-refractivity contribution in [3.8, 4) is 5.75 Å². The Bertz CT molecular complexity index is 1030. The second-order valence-corrected chi connectivity index (χ2v) is 8.27. The average molecular weight is 451 g/mol. The summed E-state index contributed by atoms with van der Waals surface area (Å²) in [7, 11) is -2.85. The zero-order valence-electron chi connectivity index (χ0n) is 15.6. The lowest BCUT2D eigenvalue weighted by Gasteiger charge is -2.17. The van der Waals surface area contributed by atoms with Crippen LogP contribution in [0.5, 0.6) is 5.75 Å². The summed E-state index contributed by atoms with van der Waals surface area (Å²) in [6, 6.07) is 5.62. The number of carbonyl (C=O) groups excluding carboxylic acids is 1. The van der Waals surface area contributed by atoms with E-state index in [9.17, 15) is 26.4 Å². The molecule has 0 bridgehead atoms. The van der Waals surface area contributed by atoms with Crippen molar-refractivity contribution < 1.29 is 31.1 Å². The summed E-state index contributed by atoms with van der Waals surface area (Å²) < 4.78 is 71.0. The fourth-order valence-electron chi connectivity index (χ4n) is 2.38. The normalized spacial score (nSPS) is 13.1. The van der Waals surface area contributed by atoms with Crippen LogP contribution >= 0.6 is 11.6 Å². The lowest BCUT2D eigenvalue weighted by atomic mass is 10.2. The fourth-order valence-corrected chi connectivity index (χ4v) is 4.00. The van der Waals surface area contributed by atoms with Crippen LogP contribution in [0.2, 0.25) is 5.02 Å². The maximum Gasteiger partial charge on any atom is 0.416 e. The Hall–Kier alpha value is -2.30. The lowest BCUT2D eigenvalue weighted by Crippen LogP contribution is -2.41. The molecule has 0 unspecified atom stereocenters. The van der Waals surface area contributed by atoms with Gasteiger partial charge in [-0.1, -0.05) is 17.7 Å². The van der Waals surface area contributed by atoms with Gasteiger partial charge in [0, 0.05) is 0 Å². The first kappa shape index (κ1) is 23.0. The maximum atomic E-state index is 12.9. The zero-order chi connectivity index (χ0) is 22.0. The number of nitrogens with one attached hydrogen (secondary N) is 2. The predicted molar refractivity (Wildman–Crippen MR) is 103 cm³/mol. The molecule has 158 valence electrons. The van der Waals surface area contributed by atoms with E-state index in [2.05, 4.69) is 10.0 Å². The number of methoxy groups -OCH3 is 1. The largest absolute Gasteiger partial charge is 0.495 e. The third kappa shape index (κ3) is 5.62. The number of benzene rings is 2. The molecule has 2 aromatic carbocycles. The number of hydrogen-bond donors (Lipinski definition) is 2. The van der Waals surface area contributed by atoms with E-state index < -0.39 is 33.7 Å². The average Bonchev–Trinajstić information content (AvgIpc) is 2.62. The van der Waals surface area contributed by atoms with Gasteiger partial charge in [0.25, 0.3) is 0 Å². The number of carbonyl (C=O) groups is 1. The van der Waals surface area contributed by atoms with E-state index in [-0.39, 0.29) is 21.4 Å². The molecule has 1 atom stereocenters. The number of sulfonamides is 1. The van der Waals surface area contributed by atoms with Crippen molar-refractivity contribution >= 4 is 33.2 Å². The van der Waals surface area contributed by atoms with Gasteiger partial charge in [-0.25, -0.2) is 8.42 Å². The van der Waals surface area contributed by atoms with Gasteiger partial charge in [0.1, 0.15) is 10.6 Å². The van der Waals surface area contributed by atoms with Gasteiger partial charge in [0.05, 0.1) is 29.4 Å². The Kier molecular flexibility index (Phi) is 6.82. The summed E-state index contributed by atoms with van der Waals surface area (Å²) in [4.78, 5) is 12.2. The molecule has 1 amide bonds. The van der Waals surface area contributed by atoms with Gasteiger partial charge < -0.3 is 10.1 Å². The maximum absolute atomic E-state index is 12.9. The summed E-state index contributed by atoms with van der Waals surface area (Å²) in [5.41, 5.74) is -0.639. The quantitative estimate of drug-likeness (QED) is 0.697. The van der Waals surface area contributed by atoms with E-state index in [0.29, 0.717) is 11.6 Å². The summed E-state index contributed by atoms with van der Waals surface area (Å²) in [5, 5.41) is 2.08. The van der Waals surface area contributed by atoms with Crippen LogP contribution in [-0.2, 0) is 21.0 Å². The highest BCUT2D eigenvalue weighted by Gasteiger charge is 2.31. The van der Waals surface area contributed by atoms with Crippen LogP contribution < -0.4 is 14.8 Å². The summed E-state index contributed by atoms with van der Waals surface area (Å²) >= 11 is 5.84. The number of anilines is 1. The highest BCUT2D eigenvalue weighted by Crippen LogP contribution is 2.34. The first-order chi connectivity index (χ1) is 13.3. The Balaban J connectivity index is 2.23. The molecular weight excluding hydrogens is 433 g/mol. The molecule has 0 aromatic heterocycles. The highest BCUT2D eigenvalue weighted by molar-refractivity contribution is 7.89. The van der Waals surface area contributed by atoms with Gasteiger partial charge in [-0.05, 0) is 49.7 Å². The monoisotopic (exact) mass is 450 g/mol. The Morgan fingerprint density at radius 1 is 1.17 bits per heavy atom. The molecular formula is C18H18ClF3N2O4S. The molecule has 0 saturated carbocycles. The Morgan fingerprint density at radius 3 is 2.41 bits per heavy atom. The molecule has 0 fully saturated rings. The smallest absolute Gasteiger partial charge is 0.416 e. The van der Waals surface area contributed by atoms with E-state index in [4.69, 9.17) is 16.3 Å². The van der Waals surface area contributed by atoms with Crippen molar-refractivity contribution in [1.29, 1.82) is 0 Å².